The maximum absolute atomic E-state index is 8.45. The molecule has 0 saturated heterocycles. The van der Waals surface area contributed by atoms with Crippen LogP contribution in [0.3, 0.4) is 0 Å². The molecular formula is C25H41NO. The minimum absolute atomic E-state index is 0.526. The number of ether oxygens (including phenoxy) is 1. The van der Waals surface area contributed by atoms with Crippen LogP contribution in [0.4, 0.5) is 0 Å². The van der Waals surface area contributed by atoms with Crippen LogP contribution < -0.4 is 0 Å². The number of rotatable bonds is 11. The molecule has 0 atom stereocenters. The Hall–Kier alpha value is -1.07. The van der Waals surface area contributed by atoms with Gasteiger partial charge in [-0.05, 0) is 69.1 Å². The predicted molar refractivity (Wildman–Crippen MR) is 114 cm³/mol. The highest BCUT2D eigenvalue weighted by atomic mass is 16.5. The van der Waals surface area contributed by atoms with E-state index in [2.05, 4.69) is 13.0 Å². The summed E-state index contributed by atoms with van der Waals surface area (Å²) in [6, 6.07) is 2.01. The standard InChI is InChI=1S/C25H41NO/c1-2-3-7-10-22-12-14-24(15-13-22)21-27-25-18-16-23(17-19-25)11-8-5-4-6-9-20-26/h4-6,9,22-25H,2-3,7-8,10-19,21H2,1H3/b5-4+,9-6+/t22-,23-,24-,25-. The Morgan fingerprint density at radius 1 is 0.852 bits per heavy atom. The van der Waals surface area contributed by atoms with Gasteiger partial charge in [0, 0.05) is 12.7 Å². The fourth-order valence-electron chi connectivity index (χ4n) is 4.83. The normalized spacial score (nSPS) is 29.3. The lowest BCUT2D eigenvalue weighted by Gasteiger charge is -2.32. The second-order valence-corrected chi connectivity index (χ2v) is 8.85. The first kappa shape index (κ1) is 22.2. The molecular weight excluding hydrogens is 330 g/mol. The molecule has 27 heavy (non-hydrogen) atoms. The molecule has 0 bridgehead atoms. The zero-order chi connectivity index (χ0) is 19.2. The Bertz CT molecular complexity index is 459. The third-order valence-electron chi connectivity index (χ3n) is 6.70. The molecule has 0 aliphatic heterocycles. The molecule has 2 rings (SSSR count). The minimum Gasteiger partial charge on any atom is -0.378 e. The SMILES string of the molecule is CCCCC[C@H]1CC[C@H](CO[C@H]2CC[C@H](CC/C=C/C=C/C#N)CC2)CC1. The van der Waals surface area contributed by atoms with Gasteiger partial charge in [-0.1, -0.05) is 63.7 Å². The second-order valence-electron chi connectivity index (χ2n) is 8.85. The van der Waals surface area contributed by atoms with E-state index in [1.807, 2.05) is 18.2 Å². The Kier molecular flexibility index (Phi) is 11.5. The molecule has 0 heterocycles. The summed E-state index contributed by atoms with van der Waals surface area (Å²) in [5.41, 5.74) is 0. The van der Waals surface area contributed by atoms with Crippen LogP contribution in [-0.2, 0) is 4.74 Å². The number of allylic oxidation sites excluding steroid dienone is 4. The van der Waals surface area contributed by atoms with Gasteiger partial charge in [0.1, 0.15) is 0 Å². The molecule has 0 aromatic carbocycles. The summed E-state index contributed by atoms with van der Waals surface area (Å²) in [4.78, 5) is 0. The van der Waals surface area contributed by atoms with Crippen molar-refractivity contribution in [2.24, 2.45) is 17.8 Å². The van der Waals surface area contributed by atoms with Crippen molar-refractivity contribution in [3.8, 4) is 6.07 Å². The fraction of sp³-hybridized carbons (Fsp3) is 0.800. The Morgan fingerprint density at radius 3 is 2.22 bits per heavy atom. The first-order valence-electron chi connectivity index (χ1n) is 11.6. The third-order valence-corrected chi connectivity index (χ3v) is 6.70. The van der Waals surface area contributed by atoms with Crippen molar-refractivity contribution < 1.29 is 4.74 Å². The van der Waals surface area contributed by atoms with Crippen LogP contribution in [0.15, 0.2) is 24.3 Å². The first-order chi connectivity index (χ1) is 13.3. The van der Waals surface area contributed by atoms with E-state index >= 15 is 0 Å². The number of nitrogens with zero attached hydrogens (tertiary/aromatic N) is 1. The molecule has 0 aromatic heterocycles. The summed E-state index contributed by atoms with van der Waals surface area (Å²) in [5, 5.41) is 8.45. The number of hydrogen-bond donors (Lipinski definition) is 0. The van der Waals surface area contributed by atoms with Crippen molar-refractivity contribution in [2.75, 3.05) is 6.61 Å². The van der Waals surface area contributed by atoms with Gasteiger partial charge in [-0.3, -0.25) is 0 Å². The van der Waals surface area contributed by atoms with E-state index in [1.54, 1.807) is 0 Å². The summed E-state index contributed by atoms with van der Waals surface area (Å²) in [5.74, 6) is 2.71. The maximum atomic E-state index is 8.45. The van der Waals surface area contributed by atoms with Gasteiger partial charge in [0.2, 0.25) is 0 Å². The van der Waals surface area contributed by atoms with E-state index in [9.17, 15) is 0 Å². The molecule has 0 N–H and O–H groups in total. The van der Waals surface area contributed by atoms with Gasteiger partial charge < -0.3 is 4.74 Å². The van der Waals surface area contributed by atoms with Crippen LogP contribution in [-0.4, -0.2) is 12.7 Å². The van der Waals surface area contributed by atoms with Crippen LogP contribution >= 0.6 is 0 Å². The molecule has 152 valence electrons. The fourth-order valence-corrected chi connectivity index (χ4v) is 4.83. The molecule has 0 aromatic rings. The molecule has 2 fully saturated rings. The van der Waals surface area contributed by atoms with E-state index in [0.717, 1.165) is 30.8 Å². The summed E-state index contributed by atoms with van der Waals surface area (Å²) in [7, 11) is 0. The lowest BCUT2D eigenvalue weighted by Crippen LogP contribution is -2.26. The number of nitriles is 1. The lowest BCUT2D eigenvalue weighted by atomic mass is 9.80. The third kappa shape index (κ3) is 9.61. The quantitative estimate of drug-likeness (QED) is 0.216. The van der Waals surface area contributed by atoms with Gasteiger partial charge in [0.25, 0.3) is 0 Å². The van der Waals surface area contributed by atoms with Crippen molar-refractivity contribution in [3.63, 3.8) is 0 Å². The average molecular weight is 372 g/mol. The van der Waals surface area contributed by atoms with Crippen molar-refractivity contribution in [2.45, 2.75) is 103 Å². The highest BCUT2D eigenvalue weighted by Crippen LogP contribution is 2.34. The van der Waals surface area contributed by atoms with Crippen molar-refractivity contribution in [3.05, 3.63) is 24.3 Å². The van der Waals surface area contributed by atoms with Gasteiger partial charge in [-0.25, -0.2) is 0 Å². The topological polar surface area (TPSA) is 33.0 Å². The van der Waals surface area contributed by atoms with Crippen molar-refractivity contribution in [1.82, 2.24) is 0 Å². The Morgan fingerprint density at radius 2 is 1.52 bits per heavy atom. The highest BCUT2D eigenvalue weighted by molar-refractivity contribution is 5.11. The van der Waals surface area contributed by atoms with Crippen LogP contribution in [0.5, 0.6) is 0 Å². The molecule has 2 saturated carbocycles. The summed E-state index contributed by atoms with van der Waals surface area (Å²) >= 11 is 0. The first-order valence-corrected chi connectivity index (χ1v) is 11.6. The van der Waals surface area contributed by atoms with Gasteiger partial charge >= 0.3 is 0 Å². The van der Waals surface area contributed by atoms with E-state index in [4.69, 9.17) is 10.00 Å². The molecule has 2 aliphatic carbocycles. The average Bonchev–Trinajstić information content (AvgIpc) is 2.71. The van der Waals surface area contributed by atoms with Crippen LogP contribution in [0.25, 0.3) is 0 Å². The molecule has 2 heteroatoms. The Balaban J connectivity index is 1.50. The summed E-state index contributed by atoms with van der Waals surface area (Å²) < 4.78 is 6.32. The number of hydrogen-bond acceptors (Lipinski definition) is 2. The second kappa shape index (κ2) is 14.0. The molecule has 0 unspecified atom stereocenters. The highest BCUT2D eigenvalue weighted by Gasteiger charge is 2.24. The lowest BCUT2D eigenvalue weighted by molar-refractivity contribution is -0.0102. The van der Waals surface area contributed by atoms with Crippen LogP contribution in [0.2, 0.25) is 0 Å². The zero-order valence-corrected chi connectivity index (χ0v) is 17.6. The van der Waals surface area contributed by atoms with Crippen molar-refractivity contribution in [1.29, 1.82) is 5.26 Å². The molecule has 2 nitrogen and oxygen atoms in total. The zero-order valence-electron chi connectivity index (χ0n) is 17.6. The molecule has 0 radical (unpaired) electrons. The molecule has 0 amide bonds. The minimum atomic E-state index is 0.526. The van der Waals surface area contributed by atoms with E-state index in [-0.39, 0.29) is 0 Å². The van der Waals surface area contributed by atoms with Gasteiger partial charge in [-0.2, -0.15) is 5.26 Å². The summed E-state index contributed by atoms with van der Waals surface area (Å²) in [6.45, 7) is 3.32. The summed E-state index contributed by atoms with van der Waals surface area (Å²) in [6.07, 6.45) is 27.0. The van der Waals surface area contributed by atoms with Gasteiger partial charge in [0.15, 0.2) is 0 Å². The van der Waals surface area contributed by atoms with Gasteiger partial charge in [0.05, 0.1) is 12.2 Å². The monoisotopic (exact) mass is 371 g/mol. The maximum Gasteiger partial charge on any atom is 0.0912 e. The van der Waals surface area contributed by atoms with E-state index in [1.165, 1.54) is 89.5 Å². The van der Waals surface area contributed by atoms with E-state index < -0.39 is 0 Å². The smallest absolute Gasteiger partial charge is 0.0912 e. The van der Waals surface area contributed by atoms with E-state index in [0.29, 0.717) is 6.10 Å². The Labute approximate surface area is 168 Å². The van der Waals surface area contributed by atoms with Crippen molar-refractivity contribution >= 4 is 0 Å². The van der Waals surface area contributed by atoms with Crippen LogP contribution in [0.1, 0.15) is 96.8 Å². The predicted octanol–water partition coefficient (Wildman–Crippen LogP) is 7.36. The molecule has 2 aliphatic rings. The molecule has 0 spiro atoms. The van der Waals surface area contributed by atoms with Crippen LogP contribution in [0, 0.1) is 29.1 Å². The van der Waals surface area contributed by atoms with Gasteiger partial charge in [-0.15, -0.1) is 0 Å². The largest absolute Gasteiger partial charge is 0.378 e. The number of unbranched alkanes of at least 4 members (excludes halogenated alkanes) is 2.